The predicted octanol–water partition coefficient (Wildman–Crippen LogP) is 2.85. The van der Waals surface area contributed by atoms with E-state index in [0.717, 1.165) is 25.9 Å². The van der Waals surface area contributed by atoms with Crippen LogP contribution in [0.1, 0.15) is 23.2 Å². The van der Waals surface area contributed by atoms with E-state index in [2.05, 4.69) is 21.4 Å². The van der Waals surface area contributed by atoms with Crippen LogP contribution in [0.25, 0.3) is 10.9 Å². The Balaban J connectivity index is 1.64. The maximum absolute atomic E-state index is 14.5. The molecule has 0 atom stereocenters. The molecular weight excluding hydrogens is 403 g/mol. The molecule has 1 aliphatic rings. The lowest BCUT2D eigenvalue weighted by atomic mass is 9.99. The summed E-state index contributed by atoms with van der Waals surface area (Å²) in [6, 6.07) is 8.62. The highest BCUT2D eigenvalue weighted by Gasteiger charge is 2.19. The van der Waals surface area contributed by atoms with Crippen LogP contribution in [0.3, 0.4) is 0 Å². The highest BCUT2D eigenvalue weighted by molar-refractivity contribution is 5.93. The summed E-state index contributed by atoms with van der Waals surface area (Å²) in [7, 11) is 1.53. The molecular formula is C22H22FN4O4. The molecule has 1 fully saturated rings. The number of primary amides is 1. The molecule has 2 heterocycles. The lowest BCUT2D eigenvalue weighted by Crippen LogP contribution is -2.30. The zero-order chi connectivity index (χ0) is 21.8. The predicted molar refractivity (Wildman–Crippen MR) is 111 cm³/mol. The smallest absolute Gasteiger partial charge is 0.251 e. The highest BCUT2D eigenvalue weighted by Crippen LogP contribution is 2.37. The molecule has 0 unspecified atom stereocenters. The van der Waals surface area contributed by atoms with Crippen molar-refractivity contribution >= 4 is 16.8 Å². The lowest BCUT2D eigenvalue weighted by Gasteiger charge is -2.23. The highest BCUT2D eigenvalue weighted by atomic mass is 19.1. The zero-order valence-corrected chi connectivity index (χ0v) is 17.0. The Kier molecular flexibility index (Phi) is 6.13. The number of nitrogens with zero attached hydrogens (tertiary/aromatic N) is 2. The normalized spacial score (nSPS) is 14.4. The SMILES string of the molecule is COc1cc2c(Oc3[c]ccc(C(N)=O)c3F)ncnc2cc1OCC1CCNCC1. The standard InChI is InChI=1S/C22H22FN4O4/c1-29-18-9-15-16(10-19(18)30-11-13-5-7-25-8-6-13)26-12-27-22(15)31-17-4-2-3-14(20(17)23)21(24)28/h2-3,9-10,12-13,25H,5-8,11H2,1H3,(H2,24,28). The molecule has 0 aliphatic carbocycles. The number of fused-ring (bicyclic) bond motifs is 1. The Morgan fingerprint density at radius 3 is 2.84 bits per heavy atom. The molecule has 1 radical (unpaired) electrons. The summed E-state index contributed by atoms with van der Waals surface area (Å²) in [5, 5.41) is 3.82. The molecule has 1 aromatic heterocycles. The van der Waals surface area contributed by atoms with Gasteiger partial charge in [0.15, 0.2) is 23.1 Å². The second kappa shape index (κ2) is 9.13. The molecule has 3 N–H and O–H groups in total. The Hall–Kier alpha value is -3.46. The second-order valence-electron chi connectivity index (χ2n) is 7.20. The quantitative estimate of drug-likeness (QED) is 0.599. The van der Waals surface area contributed by atoms with E-state index < -0.39 is 11.7 Å². The average molecular weight is 425 g/mol. The topological polar surface area (TPSA) is 109 Å². The summed E-state index contributed by atoms with van der Waals surface area (Å²) in [5.74, 6) is -0.492. The van der Waals surface area contributed by atoms with Crippen LogP contribution in [-0.4, -0.2) is 42.7 Å². The van der Waals surface area contributed by atoms with E-state index in [1.807, 2.05) is 0 Å². The van der Waals surface area contributed by atoms with Gasteiger partial charge in [-0.2, -0.15) is 0 Å². The van der Waals surface area contributed by atoms with Gasteiger partial charge in [0.05, 0.1) is 30.2 Å². The third-order valence-corrected chi connectivity index (χ3v) is 5.18. The van der Waals surface area contributed by atoms with E-state index in [9.17, 15) is 9.18 Å². The summed E-state index contributed by atoms with van der Waals surface area (Å²) >= 11 is 0. The maximum Gasteiger partial charge on any atom is 0.251 e. The van der Waals surface area contributed by atoms with Crippen LogP contribution < -0.4 is 25.3 Å². The number of nitrogens with one attached hydrogen (secondary N) is 1. The molecule has 0 bridgehead atoms. The van der Waals surface area contributed by atoms with Gasteiger partial charge >= 0.3 is 0 Å². The summed E-state index contributed by atoms with van der Waals surface area (Å²) in [5.41, 5.74) is 5.44. The fourth-order valence-electron chi connectivity index (χ4n) is 3.47. The Labute approximate surface area is 178 Å². The van der Waals surface area contributed by atoms with Crippen molar-refractivity contribution in [3.8, 4) is 23.1 Å². The first-order valence-electron chi connectivity index (χ1n) is 9.91. The number of benzene rings is 2. The van der Waals surface area contributed by atoms with Gasteiger partial charge in [0.25, 0.3) is 5.91 Å². The van der Waals surface area contributed by atoms with Crippen LogP contribution in [0, 0.1) is 17.8 Å². The van der Waals surface area contributed by atoms with Crippen LogP contribution in [0.4, 0.5) is 4.39 Å². The van der Waals surface area contributed by atoms with Gasteiger partial charge in [0, 0.05) is 12.1 Å². The lowest BCUT2D eigenvalue weighted by molar-refractivity contribution is 0.0995. The minimum absolute atomic E-state index is 0.0879. The fraction of sp³-hybridized carbons (Fsp3) is 0.318. The van der Waals surface area contributed by atoms with Crippen molar-refractivity contribution in [3.05, 3.63) is 48.0 Å². The molecule has 0 saturated carbocycles. The molecule has 1 amide bonds. The number of ether oxygens (including phenoxy) is 3. The largest absolute Gasteiger partial charge is 0.493 e. The van der Waals surface area contributed by atoms with Crippen molar-refractivity contribution < 1.29 is 23.4 Å². The number of piperidine rings is 1. The van der Waals surface area contributed by atoms with Crippen LogP contribution in [0.2, 0.25) is 0 Å². The monoisotopic (exact) mass is 425 g/mol. The first kappa shape index (κ1) is 20.8. The summed E-state index contributed by atoms with van der Waals surface area (Å²) in [4.78, 5) is 19.8. The van der Waals surface area contributed by atoms with Gasteiger partial charge in [-0.1, -0.05) is 0 Å². The molecule has 2 aromatic carbocycles. The van der Waals surface area contributed by atoms with E-state index in [1.54, 1.807) is 12.1 Å². The second-order valence-corrected chi connectivity index (χ2v) is 7.20. The third kappa shape index (κ3) is 4.51. The van der Waals surface area contributed by atoms with Crippen molar-refractivity contribution in [2.75, 3.05) is 26.8 Å². The summed E-state index contributed by atoms with van der Waals surface area (Å²) in [6.45, 7) is 2.56. The zero-order valence-electron chi connectivity index (χ0n) is 17.0. The molecule has 1 aliphatic heterocycles. The van der Waals surface area contributed by atoms with E-state index in [-0.39, 0.29) is 17.2 Å². The minimum Gasteiger partial charge on any atom is -0.493 e. The maximum atomic E-state index is 14.5. The van der Waals surface area contributed by atoms with Gasteiger partial charge in [-0.3, -0.25) is 4.79 Å². The van der Waals surface area contributed by atoms with Crippen LogP contribution in [0.5, 0.6) is 23.1 Å². The number of carbonyl (C=O) groups is 1. The number of methoxy groups -OCH3 is 1. The first-order chi connectivity index (χ1) is 15.1. The van der Waals surface area contributed by atoms with Crippen LogP contribution in [-0.2, 0) is 0 Å². The van der Waals surface area contributed by atoms with Gasteiger partial charge < -0.3 is 25.3 Å². The minimum atomic E-state index is -0.907. The molecule has 3 aromatic rings. The number of hydrogen-bond acceptors (Lipinski definition) is 7. The number of carbonyl (C=O) groups excluding carboxylic acids is 1. The first-order valence-corrected chi connectivity index (χ1v) is 9.91. The average Bonchev–Trinajstić information content (AvgIpc) is 2.79. The molecule has 4 rings (SSSR count). The van der Waals surface area contributed by atoms with Crippen molar-refractivity contribution in [2.45, 2.75) is 12.8 Å². The van der Waals surface area contributed by atoms with Gasteiger partial charge in [-0.15, -0.1) is 0 Å². The number of nitrogens with two attached hydrogens (primary N) is 1. The number of rotatable bonds is 7. The van der Waals surface area contributed by atoms with Gasteiger partial charge in [0.1, 0.15) is 6.33 Å². The van der Waals surface area contributed by atoms with E-state index >= 15 is 0 Å². The summed E-state index contributed by atoms with van der Waals surface area (Å²) in [6.07, 6.45) is 3.42. The molecule has 8 nitrogen and oxygen atoms in total. The van der Waals surface area contributed by atoms with Crippen molar-refractivity contribution in [2.24, 2.45) is 11.7 Å². The van der Waals surface area contributed by atoms with E-state index in [4.69, 9.17) is 19.9 Å². The molecule has 161 valence electrons. The Bertz CT molecular complexity index is 1100. The number of aromatic nitrogens is 2. The van der Waals surface area contributed by atoms with Crippen LogP contribution >= 0.6 is 0 Å². The fourth-order valence-corrected chi connectivity index (χ4v) is 3.47. The molecule has 1 saturated heterocycles. The van der Waals surface area contributed by atoms with Crippen molar-refractivity contribution in [1.82, 2.24) is 15.3 Å². The molecule has 9 heteroatoms. The van der Waals surface area contributed by atoms with Gasteiger partial charge in [0.2, 0.25) is 5.88 Å². The van der Waals surface area contributed by atoms with E-state index in [0.29, 0.717) is 34.9 Å². The van der Waals surface area contributed by atoms with Gasteiger partial charge in [-0.25, -0.2) is 14.4 Å². The van der Waals surface area contributed by atoms with Crippen molar-refractivity contribution in [3.63, 3.8) is 0 Å². The van der Waals surface area contributed by atoms with Gasteiger partial charge in [-0.05, 0) is 50.0 Å². The van der Waals surface area contributed by atoms with Crippen molar-refractivity contribution in [1.29, 1.82) is 0 Å². The number of amides is 1. The molecule has 31 heavy (non-hydrogen) atoms. The molecule has 0 spiro atoms. The Morgan fingerprint density at radius 2 is 2.10 bits per heavy atom. The summed E-state index contributed by atoms with van der Waals surface area (Å²) < 4.78 is 31.7. The Morgan fingerprint density at radius 1 is 1.29 bits per heavy atom. The van der Waals surface area contributed by atoms with E-state index in [1.165, 1.54) is 25.6 Å². The number of halogens is 1. The number of hydrogen-bond donors (Lipinski definition) is 2. The van der Waals surface area contributed by atoms with Crippen LogP contribution in [0.15, 0.2) is 30.6 Å². The third-order valence-electron chi connectivity index (χ3n) is 5.18.